The lowest BCUT2D eigenvalue weighted by Crippen LogP contribution is -2.15. The van der Waals surface area contributed by atoms with Gasteiger partial charge in [-0.3, -0.25) is 14.3 Å². The van der Waals surface area contributed by atoms with Crippen molar-refractivity contribution in [2.24, 2.45) is 0 Å². The van der Waals surface area contributed by atoms with E-state index in [0.717, 1.165) is 11.3 Å². The number of anilines is 2. The third-order valence-electron chi connectivity index (χ3n) is 4.22. The van der Waals surface area contributed by atoms with Gasteiger partial charge in [-0.15, -0.1) is 0 Å². The SMILES string of the molecule is CC(=O)Nc1cccc(NC(=O)c2c(C)nn(Cc3ccccc3)c2C)c1. The number of amides is 2. The molecule has 0 aliphatic heterocycles. The Morgan fingerprint density at radius 1 is 0.963 bits per heavy atom. The molecule has 0 unspecified atom stereocenters. The van der Waals surface area contributed by atoms with Crippen LogP contribution in [0.3, 0.4) is 0 Å². The maximum Gasteiger partial charge on any atom is 0.259 e. The highest BCUT2D eigenvalue weighted by atomic mass is 16.2. The van der Waals surface area contributed by atoms with E-state index in [1.807, 2.05) is 48.9 Å². The Bertz CT molecular complexity index is 977. The van der Waals surface area contributed by atoms with Crippen molar-refractivity contribution in [1.82, 2.24) is 9.78 Å². The van der Waals surface area contributed by atoms with Gasteiger partial charge in [0.2, 0.25) is 5.91 Å². The molecule has 2 N–H and O–H groups in total. The van der Waals surface area contributed by atoms with Gasteiger partial charge in [0.15, 0.2) is 0 Å². The molecular weight excluding hydrogens is 340 g/mol. The largest absolute Gasteiger partial charge is 0.326 e. The Hall–Kier alpha value is -3.41. The molecule has 0 spiro atoms. The molecule has 6 heteroatoms. The van der Waals surface area contributed by atoms with Crippen molar-refractivity contribution in [1.29, 1.82) is 0 Å². The molecule has 0 saturated heterocycles. The van der Waals surface area contributed by atoms with E-state index in [0.29, 0.717) is 29.2 Å². The number of hydrogen-bond donors (Lipinski definition) is 2. The Morgan fingerprint density at radius 3 is 2.30 bits per heavy atom. The van der Waals surface area contributed by atoms with E-state index >= 15 is 0 Å². The van der Waals surface area contributed by atoms with Crippen LogP contribution in [0.25, 0.3) is 0 Å². The van der Waals surface area contributed by atoms with E-state index in [-0.39, 0.29) is 11.8 Å². The molecule has 27 heavy (non-hydrogen) atoms. The monoisotopic (exact) mass is 362 g/mol. The molecule has 0 radical (unpaired) electrons. The zero-order chi connectivity index (χ0) is 19.4. The van der Waals surface area contributed by atoms with E-state index < -0.39 is 0 Å². The minimum Gasteiger partial charge on any atom is -0.326 e. The van der Waals surface area contributed by atoms with Crippen molar-refractivity contribution in [2.45, 2.75) is 27.3 Å². The van der Waals surface area contributed by atoms with Crippen LogP contribution in [-0.2, 0) is 11.3 Å². The topological polar surface area (TPSA) is 76.0 Å². The highest BCUT2D eigenvalue weighted by Crippen LogP contribution is 2.19. The van der Waals surface area contributed by atoms with Gasteiger partial charge < -0.3 is 10.6 Å². The summed E-state index contributed by atoms with van der Waals surface area (Å²) in [5, 5.41) is 10.1. The molecule has 138 valence electrons. The maximum absolute atomic E-state index is 12.8. The number of nitrogens with one attached hydrogen (secondary N) is 2. The minimum atomic E-state index is -0.218. The molecule has 0 aliphatic rings. The second kappa shape index (κ2) is 7.86. The van der Waals surface area contributed by atoms with Gasteiger partial charge in [0.05, 0.1) is 17.8 Å². The second-order valence-corrected chi connectivity index (χ2v) is 6.41. The second-order valence-electron chi connectivity index (χ2n) is 6.41. The molecule has 1 heterocycles. The summed E-state index contributed by atoms with van der Waals surface area (Å²) in [6.45, 7) is 5.78. The number of hydrogen-bond acceptors (Lipinski definition) is 3. The fourth-order valence-corrected chi connectivity index (χ4v) is 3.01. The molecule has 6 nitrogen and oxygen atoms in total. The van der Waals surface area contributed by atoms with Crippen molar-refractivity contribution in [2.75, 3.05) is 10.6 Å². The molecule has 0 saturated carbocycles. The number of rotatable bonds is 5. The Balaban J connectivity index is 1.80. The summed E-state index contributed by atoms with van der Waals surface area (Å²) in [5.41, 5.74) is 4.43. The molecule has 0 aliphatic carbocycles. The highest BCUT2D eigenvalue weighted by Gasteiger charge is 2.19. The first kappa shape index (κ1) is 18.4. The Kier molecular flexibility index (Phi) is 5.35. The van der Waals surface area contributed by atoms with Crippen molar-refractivity contribution < 1.29 is 9.59 Å². The van der Waals surface area contributed by atoms with Gasteiger partial charge in [-0.2, -0.15) is 5.10 Å². The summed E-state index contributed by atoms with van der Waals surface area (Å²) in [4.78, 5) is 24.0. The number of carbonyl (C=O) groups is 2. The molecule has 3 rings (SSSR count). The van der Waals surface area contributed by atoms with Crippen molar-refractivity contribution in [3.05, 3.63) is 77.1 Å². The van der Waals surface area contributed by atoms with Crippen molar-refractivity contribution in [3.8, 4) is 0 Å². The van der Waals surface area contributed by atoms with E-state index in [4.69, 9.17) is 0 Å². The van der Waals surface area contributed by atoms with Crippen molar-refractivity contribution >= 4 is 23.2 Å². The predicted octanol–water partition coefficient (Wildman–Crippen LogP) is 3.76. The van der Waals surface area contributed by atoms with E-state index in [2.05, 4.69) is 15.7 Å². The first-order valence-electron chi connectivity index (χ1n) is 8.71. The van der Waals surface area contributed by atoms with Crippen LogP contribution in [0, 0.1) is 13.8 Å². The number of aromatic nitrogens is 2. The summed E-state index contributed by atoms with van der Waals surface area (Å²) < 4.78 is 1.84. The van der Waals surface area contributed by atoms with Gasteiger partial charge in [-0.05, 0) is 37.6 Å². The molecule has 0 bridgehead atoms. The quantitative estimate of drug-likeness (QED) is 0.726. The number of aryl methyl sites for hydroxylation is 1. The summed E-state index contributed by atoms with van der Waals surface area (Å²) >= 11 is 0. The maximum atomic E-state index is 12.8. The van der Waals surface area contributed by atoms with E-state index in [1.165, 1.54) is 6.92 Å². The summed E-state index contributed by atoms with van der Waals surface area (Å²) in [7, 11) is 0. The lowest BCUT2D eigenvalue weighted by atomic mass is 10.1. The van der Waals surface area contributed by atoms with Gasteiger partial charge in [-0.25, -0.2) is 0 Å². The minimum absolute atomic E-state index is 0.160. The fourth-order valence-electron chi connectivity index (χ4n) is 3.01. The van der Waals surface area contributed by atoms with Crippen LogP contribution in [0.2, 0.25) is 0 Å². The highest BCUT2D eigenvalue weighted by molar-refractivity contribution is 6.06. The van der Waals surface area contributed by atoms with Crippen LogP contribution in [0.15, 0.2) is 54.6 Å². The first-order valence-corrected chi connectivity index (χ1v) is 8.71. The first-order chi connectivity index (χ1) is 12.9. The third-order valence-corrected chi connectivity index (χ3v) is 4.22. The summed E-state index contributed by atoms with van der Waals surface area (Å²) in [6.07, 6.45) is 0. The zero-order valence-corrected chi connectivity index (χ0v) is 15.6. The van der Waals surface area contributed by atoms with Crippen LogP contribution in [0.4, 0.5) is 11.4 Å². The van der Waals surface area contributed by atoms with Gasteiger partial charge in [0.1, 0.15) is 0 Å². The Morgan fingerprint density at radius 2 is 1.63 bits per heavy atom. The number of nitrogens with zero attached hydrogens (tertiary/aromatic N) is 2. The lowest BCUT2D eigenvalue weighted by Gasteiger charge is -2.09. The fraction of sp³-hybridized carbons (Fsp3) is 0.190. The molecular formula is C21H22N4O2. The standard InChI is InChI=1S/C21H22N4O2/c1-14-20(15(2)25(24-14)13-17-8-5-4-6-9-17)21(27)23-19-11-7-10-18(12-19)22-16(3)26/h4-12H,13H2,1-3H3,(H,22,26)(H,23,27). The normalized spacial score (nSPS) is 10.5. The zero-order valence-electron chi connectivity index (χ0n) is 15.6. The van der Waals surface area contributed by atoms with Crippen LogP contribution in [0.1, 0.15) is 34.2 Å². The van der Waals surface area contributed by atoms with Crippen LogP contribution < -0.4 is 10.6 Å². The van der Waals surface area contributed by atoms with E-state index in [1.54, 1.807) is 24.3 Å². The van der Waals surface area contributed by atoms with Crippen LogP contribution in [0.5, 0.6) is 0 Å². The average molecular weight is 362 g/mol. The predicted molar refractivity (Wildman–Crippen MR) is 106 cm³/mol. The summed E-state index contributed by atoms with van der Waals surface area (Å²) in [5.74, 6) is -0.378. The molecule has 0 fully saturated rings. The molecule has 1 aromatic heterocycles. The van der Waals surface area contributed by atoms with Crippen molar-refractivity contribution in [3.63, 3.8) is 0 Å². The summed E-state index contributed by atoms with van der Waals surface area (Å²) in [6, 6.07) is 17.0. The van der Waals surface area contributed by atoms with Crippen LogP contribution in [-0.4, -0.2) is 21.6 Å². The van der Waals surface area contributed by atoms with Crippen LogP contribution >= 0.6 is 0 Å². The third kappa shape index (κ3) is 4.41. The smallest absolute Gasteiger partial charge is 0.259 e. The molecule has 2 aromatic carbocycles. The van der Waals surface area contributed by atoms with Gasteiger partial charge in [0.25, 0.3) is 5.91 Å². The average Bonchev–Trinajstić information content (AvgIpc) is 2.89. The number of benzene rings is 2. The molecule has 3 aromatic rings. The van der Waals surface area contributed by atoms with Gasteiger partial charge >= 0.3 is 0 Å². The molecule has 0 atom stereocenters. The Labute approximate surface area is 158 Å². The number of carbonyl (C=O) groups excluding carboxylic acids is 2. The lowest BCUT2D eigenvalue weighted by molar-refractivity contribution is -0.114. The van der Waals surface area contributed by atoms with E-state index in [9.17, 15) is 9.59 Å². The van der Waals surface area contributed by atoms with Gasteiger partial charge in [-0.1, -0.05) is 36.4 Å². The van der Waals surface area contributed by atoms with Gasteiger partial charge in [0, 0.05) is 24.0 Å². The molecule has 2 amide bonds.